The minimum absolute atomic E-state index is 0.0897. The van der Waals surface area contributed by atoms with Crippen LogP contribution < -0.4 is 5.73 Å². The lowest BCUT2D eigenvalue weighted by atomic mass is 10.1. The van der Waals surface area contributed by atoms with Gasteiger partial charge in [-0.15, -0.1) is 0 Å². The van der Waals surface area contributed by atoms with Crippen molar-refractivity contribution in [2.45, 2.75) is 17.7 Å². The quantitative estimate of drug-likeness (QED) is 0.852. The van der Waals surface area contributed by atoms with Crippen molar-refractivity contribution in [3.05, 3.63) is 29.3 Å². The van der Waals surface area contributed by atoms with Crippen LogP contribution in [0.3, 0.4) is 0 Å². The number of amides is 1. The summed E-state index contributed by atoms with van der Waals surface area (Å²) in [6.07, 6.45) is 1.30. The van der Waals surface area contributed by atoms with Crippen molar-refractivity contribution in [2.24, 2.45) is 11.7 Å². The lowest BCUT2D eigenvalue weighted by molar-refractivity contribution is -0.121. The van der Waals surface area contributed by atoms with Crippen molar-refractivity contribution in [1.82, 2.24) is 4.90 Å². The zero-order valence-corrected chi connectivity index (χ0v) is 13.2. The summed E-state index contributed by atoms with van der Waals surface area (Å²) in [6, 6.07) is 6.20. The molecule has 1 aromatic rings. The number of sulfone groups is 1. The Balaban J connectivity index is 1.83. The highest BCUT2D eigenvalue weighted by Crippen LogP contribution is 2.18. The Hall–Kier alpha value is -1.11. The van der Waals surface area contributed by atoms with Gasteiger partial charge in [-0.05, 0) is 50.2 Å². The molecule has 0 aliphatic carbocycles. The number of carbonyl (C=O) groups excluding carboxylic acids is 1. The summed E-state index contributed by atoms with van der Waals surface area (Å²) in [5.41, 5.74) is 5.27. The van der Waals surface area contributed by atoms with Crippen LogP contribution in [0.15, 0.2) is 29.2 Å². The Morgan fingerprint density at radius 1 is 1.33 bits per heavy atom. The van der Waals surface area contributed by atoms with Gasteiger partial charge in [-0.25, -0.2) is 8.42 Å². The number of hydrogen-bond donors (Lipinski definition) is 1. The number of nitrogens with zero attached hydrogens (tertiary/aromatic N) is 1. The van der Waals surface area contributed by atoms with Gasteiger partial charge >= 0.3 is 0 Å². The summed E-state index contributed by atoms with van der Waals surface area (Å²) in [4.78, 5) is 13.5. The maximum atomic E-state index is 12.2. The first-order valence-electron chi connectivity index (χ1n) is 6.88. The smallest absolute Gasteiger partial charge is 0.221 e. The minimum atomic E-state index is -3.28. The zero-order valence-electron chi connectivity index (χ0n) is 11.7. The van der Waals surface area contributed by atoms with Gasteiger partial charge in [0.05, 0.1) is 16.6 Å². The van der Waals surface area contributed by atoms with Gasteiger partial charge in [0, 0.05) is 11.6 Å². The molecule has 1 heterocycles. The molecule has 1 saturated heterocycles. The van der Waals surface area contributed by atoms with Crippen molar-refractivity contribution in [3.63, 3.8) is 0 Å². The largest absolute Gasteiger partial charge is 0.369 e. The summed E-state index contributed by atoms with van der Waals surface area (Å²) >= 11 is 5.75. The van der Waals surface area contributed by atoms with Gasteiger partial charge in [-0.1, -0.05) is 11.6 Å². The second kappa shape index (κ2) is 6.77. The van der Waals surface area contributed by atoms with Crippen LogP contribution in [0, 0.1) is 5.92 Å². The number of benzene rings is 1. The van der Waals surface area contributed by atoms with Crippen molar-refractivity contribution in [1.29, 1.82) is 0 Å². The highest BCUT2D eigenvalue weighted by Gasteiger charge is 2.26. The van der Waals surface area contributed by atoms with Crippen molar-refractivity contribution >= 4 is 27.3 Å². The molecule has 5 nitrogen and oxygen atoms in total. The lowest BCUT2D eigenvalue weighted by Crippen LogP contribution is -2.28. The molecule has 0 unspecified atom stereocenters. The van der Waals surface area contributed by atoms with Crippen molar-refractivity contribution in [2.75, 3.05) is 25.4 Å². The Morgan fingerprint density at radius 2 is 2.00 bits per heavy atom. The van der Waals surface area contributed by atoms with Gasteiger partial charge in [0.25, 0.3) is 0 Å². The fourth-order valence-electron chi connectivity index (χ4n) is 2.51. The molecule has 0 spiro atoms. The van der Waals surface area contributed by atoms with Crippen LogP contribution in [0.4, 0.5) is 0 Å². The van der Waals surface area contributed by atoms with E-state index >= 15 is 0 Å². The van der Waals surface area contributed by atoms with Crippen LogP contribution in [0.2, 0.25) is 5.02 Å². The Bertz CT molecular complexity index is 601. The molecular weight excluding hydrogens is 312 g/mol. The van der Waals surface area contributed by atoms with E-state index in [0.717, 1.165) is 13.0 Å². The number of primary amides is 1. The number of hydrogen-bond acceptors (Lipinski definition) is 4. The van der Waals surface area contributed by atoms with E-state index in [1.807, 2.05) is 0 Å². The lowest BCUT2D eigenvalue weighted by Gasteiger charge is -2.15. The van der Waals surface area contributed by atoms with Crippen LogP contribution >= 0.6 is 11.6 Å². The van der Waals surface area contributed by atoms with Gasteiger partial charge in [-0.2, -0.15) is 0 Å². The molecule has 2 N–H and O–H groups in total. The fourth-order valence-corrected chi connectivity index (χ4v) is 3.93. The van der Waals surface area contributed by atoms with E-state index in [4.69, 9.17) is 17.3 Å². The monoisotopic (exact) mass is 330 g/mol. The number of nitrogens with two attached hydrogens (primary N) is 1. The molecule has 0 radical (unpaired) electrons. The van der Waals surface area contributed by atoms with Crippen LogP contribution in [0.25, 0.3) is 0 Å². The molecule has 0 bridgehead atoms. The van der Waals surface area contributed by atoms with E-state index < -0.39 is 9.84 Å². The van der Waals surface area contributed by atoms with Crippen LogP contribution in [-0.4, -0.2) is 44.6 Å². The molecular formula is C14H19ClN2O3S. The third-order valence-corrected chi connectivity index (χ3v) is 5.80. The van der Waals surface area contributed by atoms with E-state index in [-0.39, 0.29) is 17.6 Å². The van der Waals surface area contributed by atoms with E-state index in [1.54, 1.807) is 12.1 Å². The minimum Gasteiger partial charge on any atom is -0.369 e. The highest BCUT2D eigenvalue weighted by atomic mass is 35.5. The molecule has 1 fully saturated rings. The molecule has 1 aromatic carbocycles. The predicted octanol–water partition coefficient (Wildman–Crippen LogP) is 1.31. The summed E-state index contributed by atoms with van der Waals surface area (Å²) in [5, 5.41) is 0.517. The maximum Gasteiger partial charge on any atom is 0.221 e. The Kier molecular flexibility index (Phi) is 5.24. The van der Waals surface area contributed by atoms with Crippen LogP contribution in [0.5, 0.6) is 0 Å². The maximum absolute atomic E-state index is 12.2. The first kappa shape index (κ1) is 16.3. The number of carbonyl (C=O) groups is 1. The first-order chi connectivity index (χ1) is 9.88. The molecule has 1 aliphatic heterocycles. The Morgan fingerprint density at radius 3 is 2.57 bits per heavy atom. The topological polar surface area (TPSA) is 80.5 Å². The van der Waals surface area contributed by atoms with E-state index in [9.17, 15) is 13.2 Å². The molecule has 7 heteroatoms. The molecule has 1 aliphatic rings. The van der Waals surface area contributed by atoms with Gasteiger partial charge in [-0.3, -0.25) is 4.79 Å². The van der Waals surface area contributed by atoms with Gasteiger partial charge < -0.3 is 10.6 Å². The summed E-state index contributed by atoms with van der Waals surface area (Å²) < 4.78 is 24.3. The molecule has 2 rings (SSSR count). The first-order valence-corrected chi connectivity index (χ1v) is 8.91. The summed E-state index contributed by atoms with van der Waals surface area (Å²) in [6.45, 7) is 2.10. The van der Waals surface area contributed by atoms with Crippen LogP contribution in [0.1, 0.15) is 12.8 Å². The second-order valence-corrected chi connectivity index (χ2v) is 7.86. The number of rotatable bonds is 6. The van der Waals surface area contributed by atoms with Crippen molar-refractivity contribution < 1.29 is 13.2 Å². The van der Waals surface area contributed by atoms with Gasteiger partial charge in [0.15, 0.2) is 9.84 Å². The summed E-state index contributed by atoms with van der Waals surface area (Å²) in [5.74, 6) is -0.281. The zero-order chi connectivity index (χ0) is 15.5. The van der Waals surface area contributed by atoms with E-state index in [0.29, 0.717) is 29.4 Å². The molecule has 116 valence electrons. The average Bonchev–Trinajstić information content (AvgIpc) is 2.88. The third-order valence-electron chi connectivity index (χ3n) is 3.73. The van der Waals surface area contributed by atoms with Crippen molar-refractivity contribution in [3.8, 4) is 0 Å². The second-order valence-electron chi connectivity index (χ2n) is 5.31. The van der Waals surface area contributed by atoms with Gasteiger partial charge in [0.1, 0.15) is 0 Å². The van der Waals surface area contributed by atoms with Crippen LogP contribution in [-0.2, 0) is 14.6 Å². The predicted molar refractivity (Wildman–Crippen MR) is 81.9 cm³/mol. The molecule has 0 aromatic heterocycles. The molecule has 1 atom stereocenters. The number of halogens is 1. The molecule has 21 heavy (non-hydrogen) atoms. The highest BCUT2D eigenvalue weighted by molar-refractivity contribution is 7.91. The molecule has 1 amide bonds. The van der Waals surface area contributed by atoms with E-state index in [2.05, 4.69) is 4.90 Å². The SMILES string of the molecule is NC(=O)[C@H]1CCN(CCCS(=O)(=O)c2ccc(Cl)cc2)C1. The number of likely N-dealkylation sites (tertiary alicyclic amines) is 1. The standard InChI is InChI=1S/C14H19ClN2O3S/c15-12-2-4-13(5-3-12)21(19,20)9-1-7-17-8-6-11(10-17)14(16)18/h2-5,11H,1,6-10H2,(H2,16,18)/t11-/m0/s1. The van der Waals surface area contributed by atoms with Gasteiger partial charge in [0.2, 0.25) is 5.91 Å². The summed E-state index contributed by atoms with van der Waals surface area (Å²) in [7, 11) is -3.28. The molecule has 0 saturated carbocycles. The average molecular weight is 331 g/mol. The fraction of sp³-hybridized carbons (Fsp3) is 0.500. The normalized spacial score (nSPS) is 19.8. The Labute approximate surface area is 130 Å². The van der Waals surface area contributed by atoms with E-state index in [1.165, 1.54) is 12.1 Å². The third kappa shape index (κ3) is 4.43.